The van der Waals surface area contributed by atoms with E-state index < -0.39 is 19.1 Å². The topological polar surface area (TPSA) is 106 Å². The van der Waals surface area contributed by atoms with Crippen molar-refractivity contribution < 1.29 is 76.0 Å². The summed E-state index contributed by atoms with van der Waals surface area (Å²) in [6, 6.07) is 3.86. The average molecular weight is 291 g/mol. The Balaban J connectivity index is 0. The number of nitro benzene ring substituents is 1. The molecule has 0 saturated heterocycles. The van der Waals surface area contributed by atoms with Crippen LogP contribution in [0.1, 0.15) is 0 Å². The Bertz CT molecular complexity index is 376. The maximum absolute atomic E-state index is 10.5. The minimum absolute atomic E-state index is 0. The van der Waals surface area contributed by atoms with E-state index in [0.717, 1.165) is 24.3 Å². The number of hydrogen-bond donors (Lipinski definition) is 0. The van der Waals surface area contributed by atoms with Crippen molar-refractivity contribution in [3.05, 3.63) is 34.4 Å². The van der Waals surface area contributed by atoms with Crippen molar-refractivity contribution >= 4 is 24.2 Å². The van der Waals surface area contributed by atoms with Crippen LogP contribution in [-0.4, -0.2) is 19.1 Å². The predicted molar refractivity (Wildman–Crippen MR) is 39.2 cm³/mol. The van der Waals surface area contributed by atoms with E-state index in [0.29, 0.717) is 0 Å². The second-order valence-corrected chi connectivity index (χ2v) is 5.44. The number of rotatable bonds is 2. The molecule has 70 valence electrons. The third-order valence-corrected chi connectivity index (χ3v) is 3.33. The molecule has 0 aliphatic carbocycles. The van der Waals surface area contributed by atoms with Crippen LogP contribution >= 0.6 is 0 Å². The average Bonchev–Trinajstić information content (AvgIpc) is 2.03. The Morgan fingerprint density at radius 3 is 1.73 bits per heavy atom. The van der Waals surface area contributed by atoms with Crippen molar-refractivity contribution in [2.75, 3.05) is 0 Å². The van der Waals surface area contributed by atoms with Gasteiger partial charge in [-0.15, -0.1) is 0 Å². The van der Waals surface area contributed by atoms with Crippen LogP contribution in [0.3, 0.4) is 0 Å². The second-order valence-electron chi connectivity index (χ2n) is 2.27. The fourth-order valence-corrected chi connectivity index (χ4v) is 1.84. The Labute approximate surface area is 133 Å². The zero-order valence-corrected chi connectivity index (χ0v) is 14.1. The van der Waals surface area contributed by atoms with Gasteiger partial charge in [0.2, 0.25) is 0 Å². The van der Waals surface area contributed by atoms with Crippen molar-refractivity contribution in [3.8, 4) is 0 Å². The van der Waals surface area contributed by atoms with Gasteiger partial charge in [-0.05, 0) is 0 Å². The Morgan fingerprint density at radius 2 is 1.47 bits per heavy atom. The van der Waals surface area contributed by atoms with E-state index in [9.17, 15) is 22.0 Å². The zero-order chi connectivity index (χ0) is 10.1. The van der Waals surface area contributed by atoms with E-state index in [2.05, 4.69) is 0 Å². The molecule has 0 amide bonds. The van der Waals surface area contributed by atoms with Crippen LogP contribution < -0.4 is 71.7 Å². The first-order valence-corrected chi connectivity index (χ1v) is 6.42. The predicted octanol–water partition coefficient (Wildman–Crippen LogP) is -8.10. The maximum atomic E-state index is 10.5. The molecule has 0 N–H and O–H groups in total. The summed E-state index contributed by atoms with van der Waals surface area (Å²) in [6.45, 7) is 0. The number of non-ortho nitro benzene ring substituents is 1. The van der Waals surface area contributed by atoms with E-state index in [4.69, 9.17) is 0 Å². The SMILES string of the molecule is O=[N+]([O-])c1ccc([As](=O)([O-])[O-])cc1.[Na+].[Na+]. The molecule has 0 aliphatic heterocycles. The van der Waals surface area contributed by atoms with Crippen LogP contribution in [0.4, 0.5) is 5.69 Å². The summed E-state index contributed by atoms with van der Waals surface area (Å²) >= 11 is -5.39. The molecule has 15 heavy (non-hydrogen) atoms. The van der Waals surface area contributed by atoms with E-state index >= 15 is 0 Å². The molecule has 0 spiro atoms. The van der Waals surface area contributed by atoms with Crippen molar-refractivity contribution in [1.82, 2.24) is 0 Å². The summed E-state index contributed by atoms with van der Waals surface area (Å²) < 4.78 is 31.0. The van der Waals surface area contributed by atoms with Gasteiger partial charge >= 0.3 is 135 Å². The second kappa shape index (κ2) is 7.27. The summed E-state index contributed by atoms with van der Waals surface area (Å²) in [7, 11) is 0. The van der Waals surface area contributed by atoms with Crippen LogP contribution in [0.2, 0.25) is 0 Å². The van der Waals surface area contributed by atoms with Gasteiger partial charge in [-0.2, -0.15) is 0 Å². The van der Waals surface area contributed by atoms with Gasteiger partial charge < -0.3 is 0 Å². The first-order valence-electron chi connectivity index (χ1n) is 3.18. The molecule has 0 saturated carbocycles. The number of hydrogen-bond acceptors (Lipinski definition) is 5. The molecular formula is C6H4AsNNa2O5. The molecule has 1 aromatic carbocycles. The molecule has 1 rings (SSSR count). The van der Waals surface area contributed by atoms with E-state index in [1.165, 1.54) is 0 Å². The molecule has 0 aliphatic rings. The largest absolute Gasteiger partial charge is 1.00 e. The summed E-state index contributed by atoms with van der Waals surface area (Å²) in [5, 5.41) is 10.1. The van der Waals surface area contributed by atoms with Crippen LogP contribution in [0.5, 0.6) is 0 Å². The van der Waals surface area contributed by atoms with Crippen molar-refractivity contribution in [2.45, 2.75) is 0 Å². The Kier molecular flexibility index (Phi) is 8.85. The fraction of sp³-hybridized carbons (Fsp3) is 0. The summed E-state index contributed by atoms with van der Waals surface area (Å²) in [5.41, 5.74) is -0.243. The number of nitro groups is 1. The summed E-state index contributed by atoms with van der Waals surface area (Å²) in [4.78, 5) is 9.48. The first kappa shape index (κ1) is 18.3. The standard InChI is InChI=1S/C6H6AsNO5.2Na/c9-7(10,11)5-1-3-6(4-2-5)8(12)13;;/h1-4H,(H2,9,10,11);;/q;2*+1/p-2. The van der Waals surface area contributed by atoms with Crippen LogP contribution in [0.25, 0.3) is 0 Å². The maximum Gasteiger partial charge on any atom is 1.00 e. The fourth-order valence-electron chi connectivity index (χ4n) is 0.757. The molecule has 0 fully saturated rings. The zero-order valence-electron chi connectivity index (χ0n) is 8.25. The molecule has 0 atom stereocenters. The monoisotopic (exact) mass is 291 g/mol. The van der Waals surface area contributed by atoms with E-state index in [-0.39, 0.29) is 69.2 Å². The molecule has 0 bridgehead atoms. The number of nitrogens with zero attached hydrogens (tertiary/aromatic N) is 1. The van der Waals surface area contributed by atoms with Crippen molar-refractivity contribution in [2.24, 2.45) is 0 Å². The summed E-state index contributed by atoms with van der Waals surface area (Å²) in [6.07, 6.45) is 0. The van der Waals surface area contributed by atoms with Gasteiger partial charge in [-0.1, -0.05) is 0 Å². The van der Waals surface area contributed by atoms with Gasteiger partial charge in [-0.25, -0.2) is 0 Å². The Morgan fingerprint density at radius 1 is 1.07 bits per heavy atom. The van der Waals surface area contributed by atoms with Crippen LogP contribution in [0.15, 0.2) is 24.3 Å². The Hall–Kier alpha value is 0.898. The molecular weight excluding hydrogens is 287 g/mol. The third kappa shape index (κ3) is 5.68. The van der Waals surface area contributed by atoms with Crippen LogP contribution in [0, 0.1) is 10.1 Å². The van der Waals surface area contributed by atoms with Gasteiger partial charge in [0.05, 0.1) is 0 Å². The van der Waals surface area contributed by atoms with Crippen LogP contribution in [-0.2, 0) is 3.74 Å². The molecule has 0 heterocycles. The molecule has 6 nitrogen and oxygen atoms in total. The van der Waals surface area contributed by atoms with Gasteiger partial charge in [-0.3, -0.25) is 0 Å². The smallest absolute Gasteiger partial charge is 1.00 e. The van der Waals surface area contributed by atoms with Gasteiger partial charge in [0.25, 0.3) is 0 Å². The number of benzene rings is 1. The minimum Gasteiger partial charge on any atom is 1.00 e. The summed E-state index contributed by atoms with van der Waals surface area (Å²) in [5.74, 6) is 0. The molecule has 1 aromatic rings. The van der Waals surface area contributed by atoms with Gasteiger partial charge in [0, 0.05) is 0 Å². The molecule has 9 heteroatoms. The first-order chi connectivity index (χ1) is 5.91. The molecule has 0 unspecified atom stereocenters. The van der Waals surface area contributed by atoms with E-state index in [1.54, 1.807) is 0 Å². The molecule has 0 radical (unpaired) electrons. The quantitative estimate of drug-likeness (QED) is 0.305. The minimum atomic E-state index is -5.39. The van der Waals surface area contributed by atoms with Gasteiger partial charge in [0.15, 0.2) is 0 Å². The van der Waals surface area contributed by atoms with Crippen molar-refractivity contribution in [3.63, 3.8) is 0 Å². The van der Waals surface area contributed by atoms with Gasteiger partial charge in [0.1, 0.15) is 0 Å². The normalized spacial score (nSPS) is 9.73. The van der Waals surface area contributed by atoms with E-state index in [1.807, 2.05) is 0 Å². The molecule has 0 aromatic heterocycles. The third-order valence-electron chi connectivity index (χ3n) is 1.38. The van der Waals surface area contributed by atoms with Crippen molar-refractivity contribution in [1.29, 1.82) is 0 Å².